The number of hydrogen-bond donors (Lipinski definition) is 2. The zero-order chi connectivity index (χ0) is 12.1. The molecule has 1 amide bonds. The largest absolute Gasteiger partial charge is 0.351 e. The van der Waals surface area contributed by atoms with E-state index >= 15 is 0 Å². The summed E-state index contributed by atoms with van der Waals surface area (Å²) in [6, 6.07) is 0. The molecule has 5 nitrogen and oxygen atoms in total. The Morgan fingerprint density at radius 3 is 2.81 bits per heavy atom. The number of carbonyl (C=O) groups is 1. The van der Waals surface area contributed by atoms with Gasteiger partial charge in [-0.3, -0.25) is 4.79 Å². The minimum Gasteiger partial charge on any atom is -0.351 e. The molecule has 5 heteroatoms. The monoisotopic (exact) mass is 222 g/mol. The Hall–Kier alpha value is -1.49. The van der Waals surface area contributed by atoms with Crippen molar-refractivity contribution in [2.75, 3.05) is 13.1 Å². The van der Waals surface area contributed by atoms with Crippen LogP contribution in [0.4, 0.5) is 0 Å². The van der Waals surface area contributed by atoms with Gasteiger partial charge in [0.15, 0.2) is 0 Å². The van der Waals surface area contributed by atoms with Gasteiger partial charge in [-0.25, -0.2) is 9.97 Å². The molecule has 1 aromatic heterocycles. The summed E-state index contributed by atoms with van der Waals surface area (Å²) >= 11 is 0. The highest BCUT2D eigenvalue weighted by Crippen LogP contribution is 2.16. The molecule has 0 unspecified atom stereocenters. The molecule has 0 aliphatic carbocycles. The highest BCUT2D eigenvalue weighted by atomic mass is 16.1. The van der Waals surface area contributed by atoms with Gasteiger partial charge in [0, 0.05) is 19.3 Å². The minimum atomic E-state index is -0.158. The van der Waals surface area contributed by atoms with Crippen LogP contribution in [-0.4, -0.2) is 29.0 Å². The zero-order valence-electron chi connectivity index (χ0n) is 9.95. The van der Waals surface area contributed by atoms with Crippen LogP contribution in [0.15, 0.2) is 6.20 Å². The Morgan fingerprint density at radius 2 is 2.25 bits per heavy atom. The fourth-order valence-electron chi connectivity index (χ4n) is 1.38. The van der Waals surface area contributed by atoms with Crippen molar-refractivity contribution >= 4 is 5.91 Å². The third kappa shape index (κ3) is 3.00. The summed E-state index contributed by atoms with van der Waals surface area (Å²) < 4.78 is 0. The lowest BCUT2D eigenvalue weighted by Crippen LogP contribution is -2.30. The molecule has 0 spiro atoms. The molecule has 0 bridgehead atoms. The summed E-state index contributed by atoms with van der Waals surface area (Å²) in [7, 11) is 0. The lowest BCUT2D eigenvalue weighted by atomic mass is 10.0. The second kappa shape index (κ2) is 5.55. The fourth-order valence-corrected chi connectivity index (χ4v) is 1.38. The Labute approximate surface area is 95.5 Å². The van der Waals surface area contributed by atoms with Crippen LogP contribution in [0.3, 0.4) is 0 Å². The molecule has 1 aromatic rings. The van der Waals surface area contributed by atoms with Crippen molar-refractivity contribution in [3.05, 3.63) is 23.3 Å². The van der Waals surface area contributed by atoms with Crippen molar-refractivity contribution in [3.63, 3.8) is 0 Å². The summed E-state index contributed by atoms with van der Waals surface area (Å²) in [5.74, 6) is 0.716. The van der Waals surface area contributed by atoms with Gasteiger partial charge in [0.25, 0.3) is 5.91 Å². The van der Waals surface area contributed by atoms with Crippen molar-refractivity contribution in [1.82, 2.24) is 15.3 Å². The van der Waals surface area contributed by atoms with Gasteiger partial charge < -0.3 is 11.1 Å². The lowest BCUT2D eigenvalue weighted by Gasteiger charge is -2.11. The van der Waals surface area contributed by atoms with Gasteiger partial charge in [-0.15, -0.1) is 0 Å². The highest BCUT2D eigenvalue weighted by Gasteiger charge is 2.15. The minimum absolute atomic E-state index is 0.158. The maximum Gasteiger partial charge on any atom is 0.254 e. The lowest BCUT2D eigenvalue weighted by molar-refractivity contribution is 0.0952. The number of nitrogens with two attached hydrogens (primary N) is 1. The fraction of sp³-hybridized carbons (Fsp3) is 0.545. The topological polar surface area (TPSA) is 80.9 Å². The molecule has 0 radical (unpaired) electrons. The van der Waals surface area contributed by atoms with Crippen LogP contribution in [0, 0.1) is 6.92 Å². The maximum atomic E-state index is 11.8. The van der Waals surface area contributed by atoms with Gasteiger partial charge >= 0.3 is 0 Å². The van der Waals surface area contributed by atoms with E-state index in [1.165, 1.54) is 0 Å². The van der Waals surface area contributed by atoms with Gasteiger partial charge in [0.05, 0.1) is 11.3 Å². The molecule has 0 aliphatic rings. The van der Waals surface area contributed by atoms with E-state index < -0.39 is 0 Å². The first kappa shape index (κ1) is 12.6. The van der Waals surface area contributed by atoms with Crippen molar-refractivity contribution < 1.29 is 4.79 Å². The summed E-state index contributed by atoms with van der Waals surface area (Å²) in [6.45, 7) is 6.70. The van der Waals surface area contributed by atoms with Gasteiger partial charge in [-0.05, 0) is 12.8 Å². The Bertz CT molecular complexity index is 376. The van der Waals surface area contributed by atoms with Crippen molar-refractivity contribution in [2.24, 2.45) is 5.73 Å². The Balaban J connectivity index is 2.98. The molecule has 0 saturated heterocycles. The van der Waals surface area contributed by atoms with Crippen LogP contribution >= 0.6 is 0 Å². The number of amides is 1. The number of nitrogens with zero attached hydrogens (tertiary/aromatic N) is 2. The standard InChI is InChI=1S/C11H18N4O/c1-7(2)10-9(6-14-8(3)15-10)11(16)13-5-4-12/h6-7H,4-5,12H2,1-3H3,(H,13,16). The van der Waals surface area contributed by atoms with Crippen LogP contribution < -0.4 is 11.1 Å². The quantitative estimate of drug-likeness (QED) is 0.781. The molecular weight excluding hydrogens is 204 g/mol. The van der Waals surface area contributed by atoms with E-state index in [9.17, 15) is 4.79 Å². The molecule has 1 heterocycles. The van der Waals surface area contributed by atoms with E-state index in [1.807, 2.05) is 20.8 Å². The van der Waals surface area contributed by atoms with Gasteiger partial charge in [0.1, 0.15) is 5.82 Å². The van der Waals surface area contributed by atoms with Crippen molar-refractivity contribution in [1.29, 1.82) is 0 Å². The van der Waals surface area contributed by atoms with Crippen LogP contribution in [0.25, 0.3) is 0 Å². The SMILES string of the molecule is Cc1ncc(C(=O)NCCN)c(C(C)C)n1. The third-order valence-electron chi connectivity index (χ3n) is 2.16. The number of aryl methyl sites for hydroxylation is 1. The average Bonchev–Trinajstić information content (AvgIpc) is 2.25. The van der Waals surface area contributed by atoms with E-state index in [2.05, 4.69) is 15.3 Å². The number of nitrogens with one attached hydrogen (secondary N) is 1. The Kier molecular flexibility index (Phi) is 4.37. The van der Waals surface area contributed by atoms with Gasteiger partial charge in [-0.1, -0.05) is 13.8 Å². The van der Waals surface area contributed by atoms with Crippen molar-refractivity contribution in [3.8, 4) is 0 Å². The van der Waals surface area contributed by atoms with Crippen LogP contribution in [0.2, 0.25) is 0 Å². The first-order valence-electron chi connectivity index (χ1n) is 5.38. The van der Waals surface area contributed by atoms with E-state index in [1.54, 1.807) is 6.20 Å². The highest BCUT2D eigenvalue weighted by molar-refractivity contribution is 5.95. The van der Waals surface area contributed by atoms with E-state index in [4.69, 9.17) is 5.73 Å². The van der Waals surface area contributed by atoms with E-state index in [-0.39, 0.29) is 11.8 Å². The molecule has 0 atom stereocenters. The van der Waals surface area contributed by atoms with Crippen LogP contribution in [-0.2, 0) is 0 Å². The molecule has 0 saturated carbocycles. The molecular formula is C11H18N4O. The molecule has 16 heavy (non-hydrogen) atoms. The second-order valence-corrected chi connectivity index (χ2v) is 3.92. The number of aromatic nitrogens is 2. The van der Waals surface area contributed by atoms with E-state index in [0.29, 0.717) is 24.5 Å². The zero-order valence-corrected chi connectivity index (χ0v) is 9.95. The summed E-state index contributed by atoms with van der Waals surface area (Å²) in [4.78, 5) is 20.1. The predicted molar refractivity (Wildman–Crippen MR) is 62.2 cm³/mol. The van der Waals surface area contributed by atoms with Gasteiger partial charge in [-0.2, -0.15) is 0 Å². The predicted octanol–water partition coefficient (Wildman–Crippen LogP) is 0.597. The molecule has 0 aliphatic heterocycles. The molecule has 1 rings (SSSR count). The van der Waals surface area contributed by atoms with Crippen molar-refractivity contribution in [2.45, 2.75) is 26.7 Å². The number of hydrogen-bond acceptors (Lipinski definition) is 4. The Morgan fingerprint density at radius 1 is 1.56 bits per heavy atom. The normalized spacial score (nSPS) is 10.6. The molecule has 3 N–H and O–H groups in total. The second-order valence-electron chi connectivity index (χ2n) is 3.92. The molecule has 0 fully saturated rings. The number of rotatable bonds is 4. The smallest absolute Gasteiger partial charge is 0.254 e. The maximum absolute atomic E-state index is 11.8. The summed E-state index contributed by atoms with van der Waals surface area (Å²) in [6.07, 6.45) is 1.57. The summed E-state index contributed by atoms with van der Waals surface area (Å²) in [5.41, 5.74) is 6.65. The first-order chi connectivity index (χ1) is 7.56. The third-order valence-corrected chi connectivity index (χ3v) is 2.16. The van der Waals surface area contributed by atoms with Gasteiger partial charge in [0.2, 0.25) is 0 Å². The summed E-state index contributed by atoms with van der Waals surface area (Å²) in [5, 5.41) is 2.72. The van der Waals surface area contributed by atoms with E-state index in [0.717, 1.165) is 5.69 Å². The molecule has 88 valence electrons. The average molecular weight is 222 g/mol. The first-order valence-corrected chi connectivity index (χ1v) is 5.38. The van der Waals surface area contributed by atoms with Crippen LogP contribution in [0.5, 0.6) is 0 Å². The number of carbonyl (C=O) groups excluding carboxylic acids is 1. The molecule has 0 aromatic carbocycles. The van der Waals surface area contributed by atoms with Crippen LogP contribution in [0.1, 0.15) is 41.6 Å².